The zero-order chi connectivity index (χ0) is 22.1. The summed E-state index contributed by atoms with van der Waals surface area (Å²) in [5.74, 6) is 2.02. The Bertz CT molecular complexity index is 903. The normalized spacial score (nSPS) is 12.0. The van der Waals surface area contributed by atoms with Crippen LogP contribution in [0.2, 0.25) is 5.02 Å². The summed E-state index contributed by atoms with van der Waals surface area (Å²) in [5.41, 5.74) is 3.77. The second-order valence-electron chi connectivity index (χ2n) is 7.60. The maximum atomic E-state index is 6.13. The molecule has 0 bridgehead atoms. The highest BCUT2D eigenvalue weighted by atomic mass is 35.5. The fourth-order valence-electron chi connectivity index (χ4n) is 3.75. The zero-order valence-electron chi connectivity index (χ0n) is 18.7. The number of hydrogen-bond donors (Lipinski definition) is 0. The van der Waals surface area contributed by atoms with Crippen LogP contribution in [0.15, 0.2) is 72.8 Å². The molecule has 0 aliphatic rings. The molecule has 1 unspecified atom stereocenters. The van der Waals surface area contributed by atoms with Crippen LogP contribution in [-0.2, 0) is 6.42 Å². The highest BCUT2D eigenvalue weighted by molar-refractivity contribution is 6.30. The molecule has 164 valence electrons. The van der Waals surface area contributed by atoms with Gasteiger partial charge in [-0.25, -0.2) is 0 Å². The van der Waals surface area contributed by atoms with Crippen LogP contribution in [0, 0.1) is 0 Å². The number of hydrogen-bond acceptors (Lipinski definition) is 3. The Morgan fingerprint density at radius 3 is 1.87 bits per heavy atom. The third kappa shape index (κ3) is 6.75. The minimum atomic E-state index is 0.232. The van der Waals surface area contributed by atoms with Crippen LogP contribution < -0.4 is 9.47 Å². The van der Waals surface area contributed by atoms with Gasteiger partial charge >= 0.3 is 0 Å². The SMILES string of the molecule is CCN(CC)CCOc1ccc(C(Cc2ccc(OC)cc2)c2ccc(Cl)cc2)cc1. The number of ether oxygens (including phenoxy) is 2. The third-order valence-electron chi connectivity index (χ3n) is 5.72. The summed E-state index contributed by atoms with van der Waals surface area (Å²) < 4.78 is 11.3. The van der Waals surface area contributed by atoms with Crippen molar-refractivity contribution in [2.45, 2.75) is 26.2 Å². The van der Waals surface area contributed by atoms with Gasteiger partial charge < -0.3 is 14.4 Å². The summed E-state index contributed by atoms with van der Waals surface area (Å²) in [7, 11) is 1.69. The maximum Gasteiger partial charge on any atom is 0.119 e. The lowest BCUT2D eigenvalue weighted by molar-refractivity contribution is 0.223. The highest BCUT2D eigenvalue weighted by Crippen LogP contribution is 2.31. The van der Waals surface area contributed by atoms with Gasteiger partial charge in [-0.1, -0.05) is 61.8 Å². The maximum absolute atomic E-state index is 6.13. The van der Waals surface area contributed by atoms with E-state index < -0.39 is 0 Å². The van der Waals surface area contributed by atoms with Gasteiger partial charge in [0.15, 0.2) is 0 Å². The summed E-state index contributed by atoms with van der Waals surface area (Å²) in [5, 5.41) is 0.754. The van der Waals surface area contributed by atoms with Gasteiger partial charge in [0.25, 0.3) is 0 Å². The first-order valence-corrected chi connectivity index (χ1v) is 11.3. The van der Waals surface area contributed by atoms with E-state index in [9.17, 15) is 0 Å². The molecule has 0 amide bonds. The lowest BCUT2D eigenvalue weighted by Gasteiger charge is -2.20. The van der Waals surface area contributed by atoms with Gasteiger partial charge in [0.1, 0.15) is 18.1 Å². The second-order valence-corrected chi connectivity index (χ2v) is 8.04. The van der Waals surface area contributed by atoms with Crippen LogP contribution in [0.25, 0.3) is 0 Å². The molecule has 0 aliphatic carbocycles. The van der Waals surface area contributed by atoms with Crippen molar-refractivity contribution in [1.82, 2.24) is 4.90 Å². The molecule has 3 rings (SSSR count). The number of benzene rings is 3. The van der Waals surface area contributed by atoms with Crippen molar-refractivity contribution < 1.29 is 9.47 Å². The van der Waals surface area contributed by atoms with E-state index in [4.69, 9.17) is 21.1 Å². The van der Waals surface area contributed by atoms with E-state index in [1.807, 2.05) is 24.3 Å². The molecule has 0 heterocycles. The van der Waals surface area contributed by atoms with Gasteiger partial charge in [0.05, 0.1) is 7.11 Å². The summed E-state index contributed by atoms with van der Waals surface area (Å²) in [6.07, 6.45) is 0.897. The van der Waals surface area contributed by atoms with E-state index in [-0.39, 0.29) is 5.92 Å². The molecule has 3 nitrogen and oxygen atoms in total. The summed E-state index contributed by atoms with van der Waals surface area (Å²) >= 11 is 6.13. The van der Waals surface area contributed by atoms with Crippen molar-refractivity contribution in [1.29, 1.82) is 0 Å². The van der Waals surface area contributed by atoms with E-state index in [1.165, 1.54) is 16.7 Å². The van der Waals surface area contributed by atoms with Gasteiger partial charge in [-0.15, -0.1) is 0 Å². The molecule has 0 fully saturated rings. The molecule has 0 saturated carbocycles. The predicted octanol–water partition coefficient (Wildman–Crippen LogP) is 6.44. The van der Waals surface area contributed by atoms with Crippen LogP contribution in [0.4, 0.5) is 0 Å². The fourth-order valence-corrected chi connectivity index (χ4v) is 3.88. The molecule has 1 atom stereocenters. The Morgan fingerprint density at radius 1 is 0.774 bits per heavy atom. The summed E-state index contributed by atoms with van der Waals surface area (Å²) in [4.78, 5) is 2.36. The smallest absolute Gasteiger partial charge is 0.119 e. The predicted molar refractivity (Wildman–Crippen MR) is 130 cm³/mol. The second kappa shape index (κ2) is 11.8. The molecular formula is C27H32ClNO2. The molecule has 0 radical (unpaired) electrons. The Labute approximate surface area is 191 Å². The zero-order valence-corrected chi connectivity index (χ0v) is 19.4. The van der Waals surface area contributed by atoms with Crippen LogP contribution in [0.5, 0.6) is 11.5 Å². The van der Waals surface area contributed by atoms with Crippen molar-refractivity contribution >= 4 is 11.6 Å². The molecule has 0 aliphatic heterocycles. The average Bonchev–Trinajstić information content (AvgIpc) is 2.82. The number of methoxy groups -OCH3 is 1. The first-order valence-electron chi connectivity index (χ1n) is 11.0. The fraction of sp³-hybridized carbons (Fsp3) is 0.333. The minimum absolute atomic E-state index is 0.232. The summed E-state index contributed by atoms with van der Waals surface area (Å²) in [6.45, 7) is 8.10. The van der Waals surface area contributed by atoms with E-state index in [1.54, 1.807) is 7.11 Å². The van der Waals surface area contributed by atoms with Gasteiger partial charge in [-0.3, -0.25) is 0 Å². The lowest BCUT2D eigenvalue weighted by Crippen LogP contribution is -2.27. The van der Waals surface area contributed by atoms with Crippen LogP contribution >= 0.6 is 11.6 Å². The van der Waals surface area contributed by atoms with Crippen molar-refractivity contribution in [3.8, 4) is 11.5 Å². The van der Waals surface area contributed by atoms with Crippen molar-refractivity contribution in [3.05, 3.63) is 94.5 Å². The highest BCUT2D eigenvalue weighted by Gasteiger charge is 2.16. The molecule has 0 aromatic heterocycles. The average molecular weight is 438 g/mol. The molecule has 3 aromatic carbocycles. The molecule has 0 spiro atoms. The number of halogens is 1. The van der Waals surface area contributed by atoms with Crippen LogP contribution in [0.1, 0.15) is 36.5 Å². The van der Waals surface area contributed by atoms with Gasteiger partial charge in [0, 0.05) is 17.5 Å². The van der Waals surface area contributed by atoms with E-state index >= 15 is 0 Å². The monoisotopic (exact) mass is 437 g/mol. The van der Waals surface area contributed by atoms with Crippen LogP contribution in [0.3, 0.4) is 0 Å². The van der Waals surface area contributed by atoms with E-state index in [2.05, 4.69) is 67.3 Å². The topological polar surface area (TPSA) is 21.7 Å². The molecule has 3 aromatic rings. The Morgan fingerprint density at radius 2 is 1.32 bits per heavy atom. The molecule has 4 heteroatoms. The van der Waals surface area contributed by atoms with E-state index in [0.717, 1.165) is 42.6 Å². The molecular weight excluding hydrogens is 406 g/mol. The largest absolute Gasteiger partial charge is 0.497 e. The number of rotatable bonds is 11. The van der Waals surface area contributed by atoms with Crippen molar-refractivity contribution in [3.63, 3.8) is 0 Å². The quantitative estimate of drug-likeness (QED) is 0.344. The lowest BCUT2D eigenvalue weighted by atomic mass is 9.86. The minimum Gasteiger partial charge on any atom is -0.497 e. The molecule has 31 heavy (non-hydrogen) atoms. The number of likely N-dealkylation sites (N-methyl/N-ethyl adjacent to an activating group) is 1. The first-order chi connectivity index (χ1) is 15.1. The Balaban J connectivity index is 1.75. The van der Waals surface area contributed by atoms with Crippen molar-refractivity contribution in [2.24, 2.45) is 0 Å². The number of nitrogens with zero attached hydrogens (tertiary/aromatic N) is 1. The Hall–Kier alpha value is -2.49. The first kappa shape index (κ1) is 23.2. The summed E-state index contributed by atoms with van der Waals surface area (Å²) in [6, 6.07) is 25.0. The molecule has 0 N–H and O–H groups in total. The van der Waals surface area contributed by atoms with Gasteiger partial charge in [-0.2, -0.15) is 0 Å². The third-order valence-corrected chi connectivity index (χ3v) is 5.98. The standard InChI is InChI=1S/C27H32ClNO2/c1-4-29(5-2)18-19-31-26-16-10-23(11-17-26)27(22-8-12-24(28)13-9-22)20-21-6-14-25(30-3)15-7-21/h6-17,27H,4-5,18-20H2,1-3H3. The van der Waals surface area contributed by atoms with Crippen molar-refractivity contribution in [2.75, 3.05) is 33.4 Å². The van der Waals surface area contributed by atoms with Gasteiger partial charge in [-0.05, 0) is 72.6 Å². The van der Waals surface area contributed by atoms with E-state index in [0.29, 0.717) is 6.61 Å². The molecule has 0 saturated heterocycles. The Kier molecular flexibility index (Phi) is 8.81. The van der Waals surface area contributed by atoms with Crippen LogP contribution in [-0.4, -0.2) is 38.3 Å². The van der Waals surface area contributed by atoms with Gasteiger partial charge in [0.2, 0.25) is 0 Å².